The van der Waals surface area contributed by atoms with Gasteiger partial charge in [0.2, 0.25) is 5.88 Å². The zero-order valence-electron chi connectivity index (χ0n) is 9.93. The van der Waals surface area contributed by atoms with Crippen LogP contribution in [0.4, 0.5) is 0 Å². The summed E-state index contributed by atoms with van der Waals surface area (Å²) < 4.78 is 13.5. The minimum Gasteiger partial charge on any atom is -0.473 e. The highest BCUT2D eigenvalue weighted by Gasteiger charge is 2.10. The second kappa shape index (κ2) is 6.78. The number of rotatable bonds is 7. The van der Waals surface area contributed by atoms with E-state index in [1.165, 1.54) is 0 Å². The maximum Gasteiger partial charge on any atom is 0.249 e. The molecule has 1 aromatic rings. The second-order valence-electron chi connectivity index (χ2n) is 3.90. The Morgan fingerprint density at radius 3 is 2.81 bits per heavy atom. The Morgan fingerprint density at radius 1 is 1.44 bits per heavy atom. The predicted molar refractivity (Wildman–Crippen MR) is 63.9 cm³/mol. The van der Waals surface area contributed by atoms with Crippen LogP contribution in [0.2, 0.25) is 0 Å². The molecule has 2 N–H and O–H groups in total. The van der Waals surface area contributed by atoms with E-state index >= 15 is 0 Å². The Labute approximate surface area is 100 Å². The first kappa shape index (κ1) is 13.3. The average Bonchev–Trinajstić information content (AvgIpc) is 2.70. The van der Waals surface area contributed by atoms with E-state index in [4.69, 9.17) is 4.74 Å². The van der Waals surface area contributed by atoms with Gasteiger partial charge in [-0.05, 0) is 6.42 Å². The van der Waals surface area contributed by atoms with E-state index < -0.39 is 6.10 Å². The Bertz CT molecular complexity index is 304. The van der Waals surface area contributed by atoms with Gasteiger partial charge in [-0.15, -0.1) is 4.37 Å². The molecule has 5 nitrogen and oxygen atoms in total. The van der Waals surface area contributed by atoms with Crippen LogP contribution in [0.15, 0.2) is 0 Å². The lowest BCUT2D eigenvalue weighted by Gasteiger charge is -2.14. The molecule has 0 spiro atoms. The molecule has 0 amide bonds. The van der Waals surface area contributed by atoms with Crippen molar-refractivity contribution in [3.8, 4) is 5.88 Å². The fraction of sp³-hybridized carbons (Fsp3) is 0.800. The van der Waals surface area contributed by atoms with Crippen LogP contribution in [-0.4, -0.2) is 39.2 Å². The van der Waals surface area contributed by atoms with Gasteiger partial charge in [0.25, 0.3) is 0 Å². The van der Waals surface area contributed by atoms with E-state index in [0.717, 1.165) is 23.8 Å². The highest BCUT2D eigenvalue weighted by molar-refractivity contribution is 6.99. The van der Waals surface area contributed by atoms with E-state index in [0.29, 0.717) is 18.5 Å². The first-order chi connectivity index (χ1) is 7.63. The van der Waals surface area contributed by atoms with Crippen molar-refractivity contribution in [3.63, 3.8) is 0 Å². The Balaban J connectivity index is 2.28. The molecule has 1 atom stereocenters. The van der Waals surface area contributed by atoms with Crippen LogP contribution in [-0.2, 0) is 6.42 Å². The lowest BCUT2D eigenvalue weighted by molar-refractivity contribution is 0.102. The fourth-order valence-corrected chi connectivity index (χ4v) is 1.71. The van der Waals surface area contributed by atoms with Gasteiger partial charge in [0.1, 0.15) is 18.4 Å². The predicted octanol–water partition coefficient (Wildman–Crippen LogP) is 0.838. The lowest BCUT2D eigenvalue weighted by atomic mass is 10.3. The van der Waals surface area contributed by atoms with Crippen molar-refractivity contribution >= 4 is 11.7 Å². The first-order valence-electron chi connectivity index (χ1n) is 5.49. The van der Waals surface area contributed by atoms with Crippen molar-refractivity contribution in [1.82, 2.24) is 14.1 Å². The van der Waals surface area contributed by atoms with E-state index in [1.54, 1.807) is 0 Å². The molecule has 0 radical (unpaired) electrons. The summed E-state index contributed by atoms with van der Waals surface area (Å²) in [5.74, 6) is 0.552. The van der Waals surface area contributed by atoms with Crippen molar-refractivity contribution in [3.05, 3.63) is 5.69 Å². The normalized spacial score (nSPS) is 13.1. The molecule has 1 heterocycles. The standard InChI is InChI=1S/C10H19N3O2S/c1-4-9-10(13-16-12-9)15-6-8(14)5-11-7(2)3/h7-8,11,14H,4-6H2,1-3H3. The van der Waals surface area contributed by atoms with Gasteiger partial charge in [0, 0.05) is 12.6 Å². The summed E-state index contributed by atoms with van der Waals surface area (Å²) >= 11 is 1.14. The van der Waals surface area contributed by atoms with Crippen LogP contribution in [0.5, 0.6) is 5.88 Å². The number of aryl methyl sites for hydroxylation is 1. The highest BCUT2D eigenvalue weighted by Crippen LogP contribution is 2.15. The van der Waals surface area contributed by atoms with Gasteiger partial charge in [0.15, 0.2) is 0 Å². The van der Waals surface area contributed by atoms with E-state index in [2.05, 4.69) is 14.1 Å². The molecule has 0 aromatic carbocycles. The quantitative estimate of drug-likeness (QED) is 0.745. The molecule has 0 bridgehead atoms. The maximum atomic E-state index is 9.63. The lowest BCUT2D eigenvalue weighted by Crippen LogP contribution is -2.35. The SMILES string of the molecule is CCc1nsnc1OCC(O)CNC(C)C. The summed E-state index contributed by atoms with van der Waals surface area (Å²) in [5.41, 5.74) is 0.856. The third-order valence-corrected chi connectivity index (χ3v) is 2.58. The molecule has 0 saturated heterocycles. The number of aliphatic hydroxyl groups excluding tert-OH is 1. The molecular weight excluding hydrogens is 226 g/mol. The number of aromatic nitrogens is 2. The third kappa shape index (κ3) is 4.42. The molecule has 0 aliphatic carbocycles. The summed E-state index contributed by atoms with van der Waals surface area (Å²) in [4.78, 5) is 0. The van der Waals surface area contributed by atoms with Crippen LogP contribution < -0.4 is 10.1 Å². The second-order valence-corrected chi connectivity index (χ2v) is 4.43. The van der Waals surface area contributed by atoms with Crippen molar-refractivity contribution in [1.29, 1.82) is 0 Å². The molecule has 1 unspecified atom stereocenters. The summed E-state index contributed by atoms with van der Waals surface area (Å²) in [5, 5.41) is 12.8. The van der Waals surface area contributed by atoms with Crippen LogP contribution >= 0.6 is 11.7 Å². The van der Waals surface area contributed by atoms with Gasteiger partial charge in [-0.2, -0.15) is 4.37 Å². The Hall–Kier alpha value is -0.720. The van der Waals surface area contributed by atoms with Crippen molar-refractivity contribution < 1.29 is 9.84 Å². The highest BCUT2D eigenvalue weighted by atomic mass is 32.1. The van der Waals surface area contributed by atoms with Crippen LogP contribution in [0, 0.1) is 0 Å². The molecule has 1 aromatic heterocycles. The number of hydrogen-bond donors (Lipinski definition) is 2. The molecule has 0 saturated carbocycles. The fourth-order valence-electron chi connectivity index (χ4n) is 1.13. The van der Waals surface area contributed by atoms with Gasteiger partial charge in [0.05, 0.1) is 11.7 Å². The first-order valence-corrected chi connectivity index (χ1v) is 6.22. The van der Waals surface area contributed by atoms with Gasteiger partial charge in [-0.3, -0.25) is 0 Å². The molecule has 0 aliphatic rings. The number of aliphatic hydroxyl groups is 1. The topological polar surface area (TPSA) is 67.3 Å². The van der Waals surface area contributed by atoms with Gasteiger partial charge >= 0.3 is 0 Å². The third-order valence-electron chi connectivity index (χ3n) is 2.03. The molecule has 0 fully saturated rings. The number of nitrogens with one attached hydrogen (secondary N) is 1. The average molecular weight is 245 g/mol. The monoisotopic (exact) mass is 245 g/mol. The van der Waals surface area contributed by atoms with E-state index in [9.17, 15) is 5.11 Å². The molecular formula is C10H19N3O2S. The molecule has 16 heavy (non-hydrogen) atoms. The number of ether oxygens (including phenoxy) is 1. The largest absolute Gasteiger partial charge is 0.473 e. The summed E-state index contributed by atoms with van der Waals surface area (Å²) in [6.45, 7) is 6.84. The summed E-state index contributed by atoms with van der Waals surface area (Å²) in [6, 6.07) is 0.363. The van der Waals surface area contributed by atoms with E-state index in [1.807, 2.05) is 20.8 Å². The zero-order valence-corrected chi connectivity index (χ0v) is 10.8. The molecule has 92 valence electrons. The molecule has 1 rings (SSSR count). The summed E-state index contributed by atoms with van der Waals surface area (Å²) in [6.07, 6.45) is 0.278. The van der Waals surface area contributed by atoms with Gasteiger partial charge in [-0.1, -0.05) is 20.8 Å². The number of nitrogens with zero attached hydrogens (tertiary/aromatic N) is 2. The summed E-state index contributed by atoms with van der Waals surface area (Å²) in [7, 11) is 0. The van der Waals surface area contributed by atoms with Crippen molar-refractivity contribution in [2.24, 2.45) is 0 Å². The molecule has 0 aliphatic heterocycles. The smallest absolute Gasteiger partial charge is 0.249 e. The van der Waals surface area contributed by atoms with Gasteiger partial charge in [-0.25, -0.2) is 0 Å². The number of hydrogen-bond acceptors (Lipinski definition) is 6. The molecule has 6 heteroatoms. The Morgan fingerprint density at radius 2 is 2.19 bits per heavy atom. The van der Waals surface area contributed by atoms with Crippen molar-refractivity contribution in [2.75, 3.05) is 13.2 Å². The maximum absolute atomic E-state index is 9.63. The van der Waals surface area contributed by atoms with Crippen LogP contribution in [0.1, 0.15) is 26.5 Å². The van der Waals surface area contributed by atoms with Crippen LogP contribution in [0.25, 0.3) is 0 Å². The van der Waals surface area contributed by atoms with Gasteiger partial charge < -0.3 is 15.2 Å². The van der Waals surface area contributed by atoms with Crippen LogP contribution in [0.3, 0.4) is 0 Å². The minimum absolute atomic E-state index is 0.248. The van der Waals surface area contributed by atoms with E-state index in [-0.39, 0.29) is 6.61 Å². The van der Waals surface area contributed by atoms with Crippen molar-refractivity contribution in [2.45, 2.75) is 39.3 Å². The Kier molecular flexibility index (Phi) is 5.65. The minimum atomic E-state index is -0.520. The zero-order chi connectivity index (χ0) is 12.0.